The van der Waals surface area contributed by atoms with Crippen molar-refractivity contribution in [2.45, 2.75) is 25.7 Å². The first-order chi connectivity index (χ1) is 7.69. The minimum absolute atomic E-state index is 0.563. The predicted octanol–water partition coefficient (Wildman–Crippen LogP) is 1.64. The van der Waals surface area contributed by atoms with E-state index in [0.29, 0.717) is 5.92 Å². The van der Waals surface area contributed by atoms with Gasteiger partial charge < -0.3 is 10.2 Å². The number of likely N-dealkylation sites (tertiary alicyclic amines) is 1. The molecule has 0 amide bonds. The van der Waals surface area contributed by atoms with Crippen molar-refractivity contribution in [2.75, 3.05) is 32.5 Å². The Bertz CT molecular complexity index is 364. The molecule has 2 rings (SSSR count). The predicted molar refractivity (Wildman–Crippen MR) is 65.8 cm³/mol. The lowest BCUT2D eigenvalue weighted by Crippen LogP contribution is -2.31. The zero-order valence-corrected chi connectivity index (χ0v) is 10.3. The van der Waals surface area contributed by atoms with Crippen LogP contribution in [0, 0.1) is 6.92 Å². The largest absolute Gasteiger partial charge is 0.373 e. The maximum Gasteiger partial charge on any atom is 0.129 e. The van der Waals surface area contributed by atoms with E-state index < -0.39 is 0 Å². The summed E-state index contributed by atoms with van der Waals surface area (Å²) >= 11 is 0. The summed E-state index contributed by atoms with van der Waals surface area (Å²) in [6.07, 6.45) is 2.50. The van der Waals surface area contributed by atoms with Crippen molar-refractivity contribution in [3.8, 4) is 0 Å². The maximum absolute atomic E-state index is 4.56. The Balaban J connectivity index is 2.21. The first-order valence-corrected chi connectivity index (χ1v) is 5.91. The zero-order valence-electron chi connectivity index (χ0n) is 10.3. The summed E-state index contributed by atoms with van der Waals surface area (Å²) in [6.45, 7) is 4.27. The number of aromatic nitrogens is 2. The van der Waals surface area contributed by atoms with Gasteiger partial charge >= 0.3 is 0 Å². The highest BCUT2D eigenvalue weighted by atomic mass is 15.1. The number of rotatable bonds is 2. The number of nitrogens with one attached hydrogen (secondary N) is 1. The van der Waals surface area contributed by atoms with Gasteiger partial charge in [-0.1, -0.05) is 0 Å². The second-order valence-electron chi connectivity index (χ2n) is 4.58. The van der Waals surface area contributed by atoms with Crippen LogP contribution >= 0.6 is 0 Å². The van der Waals surface area contributed by atoms with Crippen LogP contribution in [0.25, 0.3) is 0 Å². The van der Waals surface area contributed by atoms with E-state index >= 15 is 0 Å². The summed E-state index contributed by atoms with van der Waals surface area (Å²) in [4.78, 5) is 11.3. The van der Waals surface area contributed by atoms with Crippen LogP contribution in [0.5, 0.6) is 0 Å². The minimum atomic E-state index is 0.563. The van der Waals surface area contributed by atoms with E-state index in [1.165, 1.54) is 25.1 Å². The second-order valence-corrected chi connectivity index (χ2v) is 4.58. The molecule has 0 spiro atoms. The molecule has 1 aromatic rings. The second kappa shape index (κ2) is 4.78. The Kier molecular flexibility index (Phi) is 3.39. The van der Waals surface area contributed by atoms with E-state index in [1.807, 2.05) is 14.0 Å². The lowest BCUT2D eigenvalue weighted by molar-refractivity contribution is 0.248. The van der Waals surface area contributed by atoms with E-state index in [1.54, 1.807) is 0 Å². The van der Waals surface area contributed by atoms with Gasteiger partial charge in [0.05, 0.1) is 5.69 Å². The Morgan fingerprint density at radius 1 is 1.44 bits per heavy atom. The number of anilines is 1. The van der Waals surface area contributed by atoms with Crippen LogP contribution in [0.4, 0.5) is 5.82 Å². The van der Waals surface area contributed by atoms with Gasteiger partial charge in [0.15, 0.2) is 0 Å². The van der Waals surface area contributed by atoms with Crippen LogP contribution in [0.15, 0.2) is 6.07 Å². The van der Waals surface area contributed by atoms with Gasteiger partial charge in [0.2, 0.25) is 0 Å². The van der Waals surface area contributed by atoms with Crippen molar-refractivity contribution in [1.29, 1.82) is 0 Å². The molecule has 0 aromatic carbocycles. The highest BCUT2D eigenvalue weighted by molar-refractivity contribution is 5.36. The summed E-state index contributed by atoms with van der Waals surface area (Å²) in [6, 6.07) is 2.08. The van der Waals surface area contributed by atoms with Crippen molar-refractivity contribution in [3.05, 3.63) is 17.6 Å². The van der Waals surface area contributed by atoms with Crippen molar-refractivity contribution in [2.24, 2.45) is 0 Å². The van der Waals surface area contributed by atoms with Gasteiger partial charge in [-0.15, -0.1) is 0 Å². The number of aryl methyl sites for hydroxylation is 1. The third-order valence-corrected chi connectivity index (χ3v) is 3.16. The van der Waals surface area contributed by atoms with Crippen LogP contribution in [0.1, 0.15) is 30.3 Å². The molecule has 1 N–H and O–H groups in total. The summed E-state index contributed by atoms with van der Waals surface area (Å²) in [5.74, 6) is 2.35. The molecule has 0 unspecified atom stereocenters. The van der Waals surface area contributed by atoms with E-state index in [9.17, 15) is 0 Å². The Morgan fingerprint density at radius 3 is 2.94 bits per heavy atom. The average molecular weight is 220 g/mol. The quantitative estimate of drug-likeness (QED) is 0.822. The van der Waals surface area contributed by atoms with Crippen LogP contribution in [-0.4, -0.2) is 42.1 Å². The molecule has 0 saturated carbocycles. The fourth-order valence-electron chi connectivity index (χ4n) is 2.34. The van der Waals surface area contributed by atoms with Crippen molar-refractivity contribution >= 4 is 5.82 Å². The zero-order chi connectivity index (χ0) is 11.5. The Hall–Kier alpha value is -1.16. The molecule has 16 heavy (non-hydrogen) atoms. The molecule has 1 aliphatic rings. The van der Waals surface area contributed by atoms with Gasteiger partial charge in [-0.2, -0.15) is 0 Å². The average Bonchev–Trinajstić information content (AvgIpc) is 2.28. The summed E-state index contributed by atoms with van der Waals surface area (Å²) in [7, 11) is 4.08. The fourth-order valence-corrected chi connectivity index (χ4v) is 2.34. The number of nitrogens with zero attached hydrogens (tertiary/aromatic N) is 3. The molecule has 1 fully saturated rings. The normalized spacial score (nSPS) is 22.1. The Morgan fingerprint density at radius 2 is 2.25 bits per heavy atom. The van der Waals surface area contributed by atoms with Crippen LogP contribution in [0.2, 0.25) is 0 Å². The first-order valence-electron chi connectivity index (χ1n) is 5.91. The molecule has 88 valence electrons. The molecular weight excluding hydrogens is 200 g/mol. The third-order valence-electron chi connectivity index (χ3n) is 3.16. The minimum Gasteiger partial charge on any atom is -0.373 e. The van der Waals surface area contributed by atoms with E-state index in [2.05, 4.69) is 33.3 Å². The van der Waals surface area contributed by atoms with Gasteiger partial charge in [-0.05, 0) is 33.4 Å². The number of hydrogen-bond acceptors (Lipinski definition) is 4. The van der Waals surface area contributed by atoms with Gasteiger partial charge in [0.25, 0.3) is 0 Å². The van der Waals surface area contributed by atoms with Gasteiger partial charge in [-0.25, -0.2) is 9.97 Å². The molecule has 0 aliphatic carbocycles. The number of hydrogen-bond donors (Lipinski definition) is 1. The third kappa shape index (κ3) is 2.50. The fraction of sp³-hybridized carbons (Fsp3) is 0.667. The highest BCUT2D eigenvalue weighted by Gasteiger charge is 2.20. The number of piperidine rings is 1. The lowest BCUT2D eigenvalue weighted by Gasteiger charge is -2.29. The van der Waals surface area contributed by atoms with Crippen molar-refractivity contribution < 1.29 is 0 Å². The molecular formula is C12H20N4. The maximum atomic E-state index is 4.56. The van der Waals surface area contributed by atoms with Crippen molar-refractivity contribution in [3.63, 3.8) is 0 Å². The molecule has 0 bridgehead atoms. The van der Waals surface area contributed by atoms with Gasteiger partial charge in [0, 0.05) is 25.6 Å². The van der Waals surface area contributed by atoms with E-state index in [0.717, 1.165) is 18.2 Å². The van der Waals surface area contributed by atoms with E-state index in [-0.39, 0.29) is 0 Å². The molecule has 1 aliphatic heterocycles. The monoisotopic (exact) mass is 220 g/mol. The topological polar surface area (TPSA) is 41.0 Å². The SMILES string of the molecule is CNc1cc([C@H]2CCCN(C)C2)nc(C)n1. The van der Waals surface area contributed by atoms with Gasteiger partial charge in [0.1, 0.15) is 11.6 Å². The molecule has 0 radical (unpaired) electrons. The molecule has 2 heterocycles. The molecule has 1 atom stereocenters. The lowest BCUT2D eigenvalue weighted by atomic mass is 9.95. The first kappa shape index (κ1) is 11.3. The molecule has 4 heteroatoms. The van der Waals surface area contributed by atoms with Crippen LogP contribution < -0.4 is 5.32 Å². The molecule has 1 saturated heterocycles. The van der Waals surface area contributed by atoms with Crippen LogP contribution in [0.3, 0.4) is 0 Å². The summed E-state index contributed by atoms with van der Waals surface area (Å²) in [5, 5.41) is 3.09. The van der Waals surface area contributed by atoms with E-state index in [4.69, 9.17) is 0 Å². The van der Waals surface area contributed by atoms with Gasteiger partial charge in [-0.3, -0.25) is 0 Å². The molecule has 4 nitrogen and oxygen atoms in total. The van der Waals surface area contributed by atoms with Crippen molar-refractivity contribution in [1.82, 2.24) is 14.9 Å². The summed E-state index contributed by atoms with van der Waals surface area (Å²) in [5.41, 5.74) is 1.18. The molecule has 1 aromatic heterocycles. The summed E-state index contributed by atoms with van der Waals surface area (Å²) < 4.78 is 0. The smallest absolute Gasteiger partial charge is 0.129 e. The Labute approximate surface area is 97.1 Å². The highest BCUT2D eigenvalue weighted by Crippen LogP contribution is 2.25. The standard InChI is InChI=1S/C12H20N4/c1-9-14-11(7-12(13-2)15-9)10-5-4-6-16(3)8-10/h7,10H,4-6,8H2,1-3H3,(H,13,14,15)/t10-/m0/s1. The number of likely N-dealkylation sites (N-methyl/N-ethyl adjacent to an activating group) is 1. The van der Waals surface area contributed by atoms with Crippen LogP contribution in [-0.2, 0) is 0 Å².